The van der Waals surface area contributed by atoms with E-state index < -0.39 is 5.82 Å². The van der Waals surface area contributed by atoms with Gasteiger partial charge in [-0.2, -0.15) is 9.37 Å². The Balaban J connectivity index is 1.84. The van der Waals surface area contributed by atoms with Crippen LogP contribution in [0.1, 0.15) is 12.8 Å². The molecule has 102 valence electrons. The van der Waals surface area contributed by atoms with Crippen molar-refractivity contribution in [3.63, 3.8) is 0 Å². The molecule has 1 heterocycles. The molecule has 0 unspecified atom stereocenters. The smallest absolute Gasteiger partial charge is 0.255 e. The first kappa shape index (κ1) is 13.3. The van der Waals surface area contributed by atoms with Crippen molar-refractivity contribution < 1.29 is 13.9 Å². The second-order valence-corrected chi connectivity index (χ2v) is 4.27. The first-order valence-electron chi connectivity index (χ1n) is 5.88. The van der Waals surface area contributed by atoms with E-state index in [2.05, 4.69) is 27.2 Å². The van der Waals surface area contributed by atoms with Crippen molar-refractivity contribution in [3.8, 4) is 5.88 Å². The van der Waals surface area contributed by atoms with Gasteiger partial charge in [0, 0.05) is 12.1 Å². The van der Waals surface area contributed by atoms with E-state index in [4.69, 9.17) is 4.74 Å². The average molecular weight is 266 g/mol. The van der Waals surface area contributed by atoms with E-state index in [1.807, 2.05) is 0 Å². The zero-order valence-corrected chi connectivity index (χ0v) is 10.5. The van der Waals surface area contributed by atoms with Crippen LogP contribution in [0.5, 0.6) is 5.88 Å². The largest absolute Gasteiger partial charge is 0.479 e. The molecule has 2 rings (SSSR count). The number of aromatic nitrogens is 2. The third-order valence-corrected chi connectivity index (χ3v) is 2.91. The number of amides is 1. The highest BCUT2D eigenvalue weighted by atomic mass is 19.1. The highest BCUT2D eigenvalue weighted by molar-refractivity contribution is 5.87. The number of ether oxygens (including phenoxy) is 1. The first-order valence-corrected chi connectivity index (χ1v) is 5.88. The summed E-state index contributed by atoms with van der Waals surface area (Å²) in [7, 11) is 1.35. The molecule has 7 heteroatoms. The molecule has 2 N–H and O–H groups in total. The summed E-state index contributed by atoms with van der Waals surface area (Å²) in [6.45, 7) is 3.39. The molecule has 0 radical (unpaired) electrons. The van der Waals surface area contributed by atoms with Gasteiger partial charge in [-0.1, -0.05) is 6.58 Å². The minimum Gasteiger partial charge on any atom is -0.479 e. The molecule has 1 aliphatic carbocycles. The Hall–Kier alpha value is -2.18. The lowest BCUT2D eigenvalue weighted by molar-refractivity contribution is -0.117. The number of halogens is 1. The van der Waals surface area contributed by atoms with Crippen molar-refractivity contribution in [2.45, 2.75) is 24.9 Å². The van der Waals surface area contributed by atoms with E-state index in [1.54, 1.807) is 0 Å². The van der Waals surface area contributed by atoms with Crippen LogP contribution < -0.4 is 15.4 Å². The van der Waals surface area contributed by atoms with E-state index in [0.29, 0.717) is 5.95 Å². The third kappa shape index (κ3) is 3.18. The maximum Gasteiger partial charge on any atom is 0.255 e. The van der Waals surface area contributed by atoms with Crippen LogP contribution in [0, 0.1) is 5.82 Å². The Morgan fingerprint density at radius 2 is 2.32 bits per heavy atom. The van der Waals surface area contributed by atoms with E-state index in [-0.39, 0.29) is 23.9 Å². The summed E-state index contributed by atoms with van der Waals surface area (Å²) in [5.74, 6) is -0.550. The van der Waals surface area contributed by atoms with E-state index >= 15 is 0 Å². The van der Waals surface area contributed by atoms with Gasteiger partial charge in [0.05, 0.1) is 13.3 Å². The zero-order valence-electron chi connectivity index (χ0n) is 10.5. The lowest BCUT2D eigenvalue weighted by Gasteiger charge is -2.35. The fourth-order valence-electron chi connectivity index (χ4n) is 1.86. The van der Waals surface area contributed by atoms with Gasteiger partial charge in [-0.15, -0.1) is 0 Å². The summed E-state index contributed by atoms with van der Waals surface area (Å²) in [4.78, 5) is 18.8. The van der Waals surface area contributed by atoms with Gasteiger partial charge in [0.2, 0.25) is 17.7 Å². The monoisotopic (exact) mass is 266 g/mol. The average Bonchev–Trinajstić information content (AvgIpc) is 2.37. The Kier molecular flexibility index (Phi) is 3.94. The molecule has 1 amide bonds. The predicted molar refractivity (Wildman–Crippen MR) is 67.3 cm³/mol. The molecule has 1 aromatic rings. The van der Waals surface area contributed by atoms with Crippen molar-refractivity contribution in [3.05, 3.63) is 24.7 Å². The van der Waals surface area contributed by atoms with Crippen LogP contribution in [0.15, 0.2) is 18.9 Å². The molecular formula is C12H15FN4O2. The number of rotatable bonds is 5. The van der Waals surface area contributed by atoms with Crippen LogP contribution >= 0.6 is 0 Å². The summed E-state index contributed by atoms with van der Waals surface area (Å²) < 4.78 is 17.9. The zero-order chi connectivity index (χ0) is 13.8. The number of nitrogens with zero attached hydrogens (tertiary/aromatic N) is 2. The summed E-state index contributed by atoms with van der Waals surface area (Å²) in [5.41, 5.74) is 0. The molecule has 0 spiro atoms. The Bertz CT molecular complexity index is 489. The van der Waals surface area contributed by atoms with Crippen molar-refractivity contribution >= 4 is 11.9 Å². The summed E-state index contributed by atoms with van der Waals surface area (Å²) in [5, 5.41) is 5.85. The number of hydrogen-bond donors (Lipinski definition) is 2. The number of nitrogens with one attached hydrogen (secondary N) is 2. The maximum atomic E-state index is 13.1. The number of hydrogen-bond acceptors (Lipinski definition) is 5. The SMILES string of the molecule is C=CC(=O)NC1CC(Nc2ncc(F)c(OC)n2)C1. The summed E-state index contributed by atoms with van der Waals surface area (Å²) >= 11 is 0. The molecular weight excluding hydrogens is 251 g/mol. The Morgan fingerprint density at radius 1 is 1.58 bits per heavy atom. The van der Waals surface area contributed by atoms with E-state index in [0.717, 1.165) is 19.0 Å². The van der Waals surface area contributed by atoms with Crippen LogP contribution in [0.4, 0.5) is 10.3 Å². The molecule has 0 bridgehead atoms. The fourth-order valence-corrected chi connectivity index (χ4v) is 1.86. The molecule has 0 aliphatic heterocycles. The molecule has 0 atom stereocenters. The van der Waals surface area contributed by atoms with E-state index in [9.17, 15) is 9.18 Å². The third-order valence-electron chi connectivity index (χ3n) is 2.91. The van der Waals surface area contributed by atoms with E-state index in [1.165, 1.54) is 13.2 Å². The number of carbonyl (C=O) groups is 1. The van der Waals surface area contributed by atoms with Crippen molar-refractivity contribution in [2.75, 3.05) is 12.4 Å². The lowest BCUT2D eigenvalue weighted by atomic mass is 9.87. The molecule has 0 saturated heterocycles. The molecule has 1 aliphatic rings. The van der Waals surface area contributed by atoms with Crippen molar-refractivity contribution in [2.24, 2.45) is 0 Å². The van der Waals surface area contributed by atoms with Gasteiger partial charge in [0.15, 0.2) is 0 Å². The maximum absolute atomic E-state index is 13.1. The first-order chi connectivity index (χ1) is 9.12. The highest BCUT2D eigenvalue weighted by Crippen LogP contribution is 2.24. The Labute approximate surface area is 110 Å². The standard InChI is InChI=1S/C12H15FN4O2/c1-3-10(18)15-7-4-8(5-7)16-12-14-6-9(13)11(17-12)19-2/h3,6-8H,1,4-5H2,2H3,(H,15,18)(H,14,16,17). The van der Waals surface area contributed by atoms with Crippen LogP contribution in [0.2, 0.25) is 0 Å². The molecule has 19 heavy (non-hydrogen) atoms. The second kappa shape index (κ2) is 5.64. The van der Waals surface area contributed by atoms with Gasteiger partial charge >= 0.3 is 0 Å². The van der Waals surface area contributed by atoms with Gasteiger partial charge in [0.25, 0.3) is 5.88 Å². The minimum atomic E-state index is -0.599. The van der Waals surface area contributed by atoms with Crippen LogP contribution in [-0.2, 0) is 4.79 Å². The molecule has 1 aromatic heterocycles. The quantitative estimate of drug-likeness (QED) is 0.773. The van der Waals surface area contributed by atoms with Crippen LogP contribution in [-0.4, -0.2) is 35.1 Å². The normalized spacial score (nSPS) is 21.2. The van der Waals surface area contributed by atoms with Gasteiger partial charge < -0.3 is 15.4 Å². The van der Waals surface area contributed by atoms with Gasteiger partial charge in [-0.25, -0.2) is 4.98 Å². The minimum absolute atomic E-state index is 0.0895. The number of carbonyl (C=O) groups excluding carboxylic acids is 1. The summed E-state index contributed by atoms with van der Waals surface area (Å²) in [6, 6.07) is 0.288. The highest BCUT2D eigenvalue weighted by Gasteiger charge is 2.30. The summed E-state index contributed by atoms with van der Waals surface area (Å²) in [6.07, 6.45) is 3.84. The molecule has 6 nitrogen and oxygen atoms in total. The lowest BCUT2D eigenvalue weighted by Crippen LogP contribution is -2.49. The van der Waals surface area contributed by atoms with Crippen LogP contribution in [0.3, 0.4) is 0 Å². The van der Waals surface area contributed by atoms with Crippen LogP contribution in [0.25, 0.3) is 0 Å². The van der Waals surface area contributed by atoms with Gasteiger partial charge in [0.1, 0.15) is 0 Å². The number of methoxy groups -OCH3 is 1. The van der Waals surface area contributed by atoms with Gasteiger partial charge in [-0.3, -0.25) is 4.79 Å². The van der Waals surface area contributed by atoms with Crippen molar-refractivity contribution in [1.82, 2.24) is 15.3 Å². The predicted octanol–water partition coefficient (Wildman–Crippen LogP) is 0.869. The topological polar surface area (TPSA) is 76.1 Å². The van der Waals surface area contributed by atoms with Gasteiger partial charge in [-0.05, 0) is 18.9 Å². The molecule has 1 saturated carbocycles. The fraction of sp³-hybridized carbons (Fsp3) is 0.417. The number of anilines is 1. The molecule has 0 aromatic carbocycles. The van der Waals surface area contributed by atoms with Crippen molar-refractivity contribution in [1.29, 1.82) is 0 Å². The molecule has 1 fully saturated rings. The second-order valence-electron chi connectivity index (χ2n) is 4.27. The Morgan fingerprint density at radius 3 is 2.95 bits per heavy atom.